The van der Waals surface area contributed by atoms with E-state index in [2.05, 4.69) is 37.2 Å². The monoisotopic (exact) mass is 558 g/mol. The number of amides is 1. The molecule has 5 rings (SSSR count). The average molecular weight is 559 g/mol. The van der Waals surface area contributed by atoms with Crippen molar-refractivity contribution >= 4 is 22.6 Å². The van der Waals surface area contributed by atoms with Gasteiger partial charge in [-0.1, -0.05) is 0 Å². The first-order valence-electron chi connectivity index (χ1n) is 14.0. The third-order valence-corrected chi connectivity index (χ3v) is 8.24. The summed E-state index contributed by atoms with van der Waals surface area (Å²) < 4.78 is 45.0. The average Bonchev–Trinajstić information content (AvgIpc) is 3.52. The molecule has 3 atom stereocenters. The number of hydrogen-bond donors (Lipinski definition) is 4. The van der Waals surface area contributed by atoms with Crippen LogP contribution in [0.5, 0.6) is 0 Å². The van der Waals surface area contributed by atoms with Crippen molar-refractivity contribution in [2.24, 2.45) is 5.92 Å². The van der Waals surface area contributed by atoms with Gasteiger partial charge >= 0.3 is 6.18 Å². The van der Waals surface area contributed by atoms with E-state index in [1.807, 2.05) is 20.0 Å². The smallest absolute Gasteiger partial charge is 0.381 e. The molecule has 8 nitrogen and oxygen atoms in total. The van der Waals surface area contributed by atoms with E-state index in [0.717, 1.165) is 69.7 Å². The van der Waals surface area contributed by atoms with Crippen molar-refractivity contribution in [3.8, 4) is 0 Å². The van der Waals surface area contributed by atoms with Crippen molar-refractivity contribution in [1.82, 2.24) is 25.8 Å². The van der Waals surface area contributed by atoms with Crippen LogP contribution in [0.2, 0.25) is 0 Å². The molecule has 2 aliphatic rings. The molecule has 1 saturated heterocycles. The number of fused-ring (bicyclic) bond motifs is 2. The topological polar surface area (TPSA) is 104 Å². The molecule has 1 fully saturated rings. The van der Waals surface area contributed by atoms with Gasteiger partial charge < -0.3 is 20.7 Å². The Morgan fingerprint density at radius 3 is 2.77 bits per heavy atom. The first-order valence-corrected chi connectivity index (χ1v) is 14.0. The number of H-pyrrole nitrogens is 1. The van der Waals surface area contributed by atoms with Crippen LogP contribution in [0.15, 0.2) is 30.5 Å². The number of nitrogens with zero attached hydrogens (tertiary/aromatic N) is 2. The number of aryl methyl sites for hydroxylation is 2. The molecule has 11 heteroatoms. The van der Waals surface area contributed by atoms with Crippen molar-refractivity contribution < 1.29 is 22.7 Å². The van der Waals surface area contributed by atoms with Crippen molar-refractivity contribution in [2.75, 3.05) is 31.6 Å². The summed E-state index contributed by atoms with van der Waals surface area (Å²) >= 11 is 0. The standard InChI is InChI=1S/C29H37F3N6O2/c1-17-11-19-3-4-20(25(19)15-33-17)12-21(14-34-23-7-9-40-10-8-23)18(2)36-27(39)16-35-28-24-13-22(29(30,31)32)5-6-26(24)37-38-28/h5-6,11,13,15,18,20-21,23,34H,3-4,7-10,12,14,16H2,1-2H3,(H,36,39)(H2,35,37,38)/t18-,20?,21+/m1/s1. The van der Waals surface area contributed by atoms with Crippen molar-refractivity contribution in [3.05, 3.63) is 52.8 Å². The summed E-state index contributed by atoms with van der Waals surface area (Å²) in [5.41, 5.74) is 3.41. The molecule has 1 unspecified atom stereocenters. The summed E-state index contributed by atoms with van der Waals surface area (Å²) in [5, 5.41) is 16.8. The minimum absolute atomic E-state index is 0.101. The van der Waals surface area contributed by atoms with Gasteiger partial charge in [-0.25, -0.2) is 0 Å². The van der Waals surface area contributed by atoms with E-state index in [1.165, 1.54) is 17.2 Å². The number of hydrogen-bond acceptors (Lipinski definition) is 6. The van der Waals surface area contributed by atoms with Gasteiger partial charge in [0.05, 0.1) is 17.6 Å². The molecule has 1 aromatic carbocycles. The Balaban J connectivity index is 1.22. The molecule has 0 bridgehead atoms. The molecule has 216 valence electrons. The van der Waals surface area contributed by atoms with Crippen LogP contribution < -0.4 is 16.0 Å². The maximum absolute atomic E-state index is 13.2. The summed E-state index contributed by atoms with van der Waals surface area (Å²) in [5.74, 6) is 0.549. The predicted octanol–water partition coefficient (Wildman–Crippen LogP) is 4.71. The Labute approximate surface area is 231 Å². The van der Waals surface area contributed by atoms with E-state index >= 15 is 0 Å². The van der Waals surface area contributed by atoms with Gasteiger partial charge in [0.15, 0.2) is 5.82 Å². The number of pyridine rings is 1. The Kier molecular flexibility index (Phi) is 8.60. The normalized spacial score (nSPS) is 19.4. The van der Waals surface area contributed by atoms with Gasteiger partial charge in [-0.2, -0.15) is 18.3 Å². The van der Waals surface area contributed by atoms with Gasteiger partial charge in [0.25, 0.3) is 0 Å². The lowest BCUT2D eigenvalue weighted by atomic mass is 9.86. The Morgan fingerprint density at radius 1 is 1.20 bits per heavy atom. The third kappa shape index (κ3) is 6.75. The second-order valence-corrected chi connectivity index (χ2v) is 11.1. The summed E-state index contributed by atoms with van der Waals surface area (Å²) in [6.45, 7) is 6.23. The SMILES string of the molecule is Cc1cc2c(cn1)C(C[C@@H](CNC1CCOCC1)[C@@H](C)NC(=O)CNc1n[nH]c3ccc(C(F)(F)F)cc13)CC2. The first kappa shape index (κ1) is 28.4. The Morgan fingerprint density at radius 2 is 2.00 bits per heavy atom. The highest BCUT2D eigenvalue weighted by atomic mass is 19.4. The molecule has 0 radical (unpaired) electrons. The van der Waals surface area contributed by atoms with Crippen LogP contribution >= 0.6 is 0 Å². The molecule has 2 aromatic heterocycles. The number of carbonyl (C=O) groups is 1. The van der Waals surface area contributed by atoms with Gasteiger partial charge in [-0.15, -0.1) is 0 Å². The molecule has 3 heterocycles. The van der Waals surface area contributed by atoms with E-state index in [4.69, 9.17) is 4.74 Å². The lowest BCUT2D eigenvalue weighted by Crippen LogP contribution is -2.46. The summed E-state index contributed by atoms with van der Waals surface area (Å²) in [7, 11) is 0. The maximum Gasteiger partial charge on any atom is 0.416 e. The minimum atomic E-state index is -4.46. The Hall–Kier alpha value is -3.18. The molecule has 1 aliphatic carbocycles. The fraction of sp³-hybridized carbons (Fsp3) is 0.552. The van der Waals surface area contributed by atoms with E-state index in [0.29, 0.717) is 17.5 Å². The zero-order valence-corrected chi connectivity index (χ0v) is 22.9. The van der Waals surface area contributed by atoms with Gasteiger partial charge in [0.1, 0.15) is 0 Å². The lowest BCUT2D eigenvalue weighted by Gasteiger charge is -2.31. The van der Waals surface area contributed by atoms with Gasteiger partial charge in [0.2, 0.25) is 5.91 Å². The van der Waals surface area contributed by atoms with Crippen LogP contribution in [0.25, 0.3) is 10.9 Å². The first-order chi connectivity index (χ1) is 19.2. The lowest BCUT2D eigenvalue weighted by molar-refractivity contribution is -0.137. The second kappa shape index (κ2) is 12.1. The molecular formula is C29H37F3N6O2. The van der Waals surface area contributed by atoms with Crippen LogP contribution in [0.3, 0.4) is 0 Å². The number of ether oxygens (including phenoxy) is 1. The minimum Gasteiger partial charge on any atom is -0.381 e. The van der Waals surface area contributed by atoms with Crippen LogP contribution in [-0.2, 0) is 22.1 Å². The fourth-order valence-corrected chi connectivity index (χ4v) is 5.90. The number of halogens is 3. The highest BCUT2D eigenvalue weighted by molar-refractivity contribution is 5.92. The molecule has 0 spiro atoms. The van der Waals surface area contributed by atoms with E-state index in [1.54, 1.807) is 0 Å². The molecule has 4 N–H and O–H groups in total. The summed E-state index contributed by atoms with van der Waals surface area (Å²) in [6, 6.07) is 5.85. The number of aromatic nitrogens is 3. The zero-order chi connectivity index (χ0) is 28.3. The van der Waals surface area contributed by atoms with E-state index in [9.17, 15) is 18.0 Å². The van der Waals surface area contributed by atoms with E-state index in [-0.39, 0.29) is 35.6 Å². The van der Waals surface area contributed by atoms with Crippen LogP contribution in [0.4, 0.5) is 19.0 Å². The summed E-state index contributed by atoms with van der Waals surface area (Å²) in [6.07, 6.45) is 2.54. The number of anilines is 1. The largest absolute Gasteiger partial charge is 0.416 e. The highest BCUT2D eigenvalue weighted by Crippen LogP contribution is 2.38. The number of rotatable bonds is 10. The molecule has 1 amide bonds. The number of alkyl halides is 3. The van der Waals surface area contributed by atoms with Gasteiger partial charge in [-0.05, 0) is 93.2 Å². The molecule has 3 aromatic rings. The van der Waals surface area contributed by atoms with Crippen molar-refractivity contribution in [3.63, 3.8) is 0 Å². The molecular weight excluding hydrogens is 521 g/mol. The van der Waals surface area contributed by atoms with Crippen LogP contribution in [0, 0.1) is 12.8 Å². The number of carbonyl (C=O) groups excluding carboxylic acids is 1. The van der Waals surface area contributed by atoms with Crippen molar-refractivity contribution in [1.29, 1.82) is 0 Å². The zero-order valence-electron chi connectivity index (χ0n) is 22.9. The molecule has 40 heavy (non-hydrogen) atoms. The third-order valence-electron chi connectivity index (χ3n) is 8.24. The number of benzene rings is 1. The van der Waals surface area contributed by atoms with Crippen molar-refractivity contribution in [2.45, 2.75) is 70.1 Å². The number of aromatic amines is 1. The van der Waals surface area contributed by atoms with Gasteiger partial charge in [-0.3, -0.25) is 14.9 Å². The summed E-state index contributed by atoms with van der Waals surface area (Å²) in [4.78, 5) is 17.5. The van der Waals surface area contributed by atoms with Gasteiger partial charge in [0, 0.05) is 49.1 Å². The molecule has 1 aliphatic heterocycles. The Bertz CT molecular complexity index is 1320. The number of nitrogens with one attached hydrogen (secondary N) is 4. The highest BCUT2D eigenvalue weighted by Gasteiger charge is 2.32. The van der Waals surface area contributed by atoms with E-state index < -0.39 is 11.7 Å². The second-order valence-electron chi connectivity index (χ2n) is 11.1. The van der Waals surface area contributed by atoms with Crippen LogP contribution in [-0.4, -0.2) is 59.5 Å². The van der Waals surface area contributed by atoms with Crippen LogP contribution in [0.1, 0.15) is 60.9 Å². The quantitative estimate of drug-likeness (QED) is 0.288. The molecule has 0 saturated carbocycles. The fourth-order valence-electron chi connectivity index (χ4n) is 5.90. The maximum atomic E-state index is 13.2. The predicted molar refractivity (Wildman–Crippen MR) is 147 cm³/mol.